The molecule has 0 aliphatic rings. The summed E-state index contributed by atoms with van der Waals surface area (Å²) in [6.45, 7) is 0. The predicted octanol–water partition coefficient (Wildman–Crippen LogP) is -0.741. The number of rotatable bonds is 0. The number of aromatic amines is 1. The van der Waals surface area contributed by atoms with Crippen molar-refractivity contribution in [2.24, 2.45) is 0 Å². The van der Waals surface area contributed by atoms with E-state index in [9.17, 15) is 0 Å². The summed E-state index contributed by atoms with van der Waals surface area (Å²) in [6.07, 6.45) is 0. The quantitative estimate of drug-likeness (QED) is 0.524. The molecule has 1 N–H and O–H groups in total. The van der Waals surface area contributed by atoms with E-state index < -0.39 is 0 Å². The van der Waals surface area contributed by atoms with Crippen molar-refractivity contribution in [3.8, 4) is 0 Å². The van der Waals surface area contributed by atoms with Crippen LogP contribution in [0, 0.1) is 0 Å². The fourth-order valence-corrected chi connectivity index (χ4v) is 2.57. The molecule has 1 aromatic heterocycles. The first-order chi connectivity index (χ1) is 8.50. The maximum absolute atomic E-state index is 6.05. The van der Waals surface area contributed by atoms with Gasteiger partial charge in [0, 0.05) is 20.9 Å². The largest absolute Gasteiger partial charge is 0.355 e. The molecule has 0 unspecified atom stereocenters. The fraction of sp³-hybridized carbons (Fsp3) is 0. The molecule has 0 atom stereocenters. The van der Waals surface area contributed by atoms with Crippen LogP contribution < -0.4 is 21.9 Å². The molecule has 0 spiro atoms. The highest BCUT2D eigenvalue weighted by Crippen LogP contribution is 2.25. The summed E-state index contributed by atoms with van der Waals surface area (Å²) in [7, 11) is 23.8. The van der Waals surface area contributed by atoms with Crippen molar-refractivity contribution < 1.29 is 0 Å². The minimum absolute atomic E-state index is 0.325. The monoisotopic (exact) mass is 285 g/mol. The zero-order valence-corrected chi connectivity index (χ0v) is 11.0. The molecule has 1 heterocycles. The fourth-order valence-electron chi connectivity index (χ4n) is 2.21. The summed E-state index contributed by atoms with van der Waals surface area (Å²) in [5, 5.41) is 1.78. The molecule has 8 radical (unpaired) electrons. The third-order valence-corrected chi connectivity index (χ3v) is 3.66. The molecule has 6 heteroatoms. The van der Waals surface area contributed by atoms with E-state index in [0.29, 0.717) is 21.9 Å². The first-order valence-corrected chi connectivity index (χ1v) is 6.12. The van der Waals surface area contributed by atoms with Crippen molar-refractivity contribution in [3.05, 3.63) is 22.7 Å². The van der Waals surface area contributed by atoms with E-state index in [-0.39, 0.29) is 0 Å². The van der Waals surface area contributed by atoms with Gasteiger partial charge in [-0.25, -0.2) is 0 Å². The number of hydrogen-bond acceptors (Lipinski definition) is 0. The van der Waals surface area contributed by atoms with Crippen molar-refractivity contribution >= 4 is 91.0 Å². The number of halogens is 1. The highest BCUT2D eigenvalue weighted by atomic mass is 79.9. The van der Waals surface area contributed by atoms with Crippen LogP contribution >= 0.6 is 15.9 Å². The minimum atomic E-state index is 0.325. The number of hydrogen-bond donors (Lipinski definition) is 1. The van der Waals surface area contributed by atoms with Gasteiger partial charge in [0.15, 0.2) is 0 Å². The first kappa shape index (κ1) is 12.0. The summed E-state index contributed by atoms with van der Waals surface area (Å²) in [5.41, 5.74) is 3.22. The maximum Gasteiger partial charge on any atom is 0.115 e. The van der Waals surface area contributed by atoms with Gasteiger partial charge in [0.1, 0.15) is 31.4 Å². The van der Waals surface area contributed by atoms with E-state index in [1.807, 2.05) is 18.2 Å². The Kier molecular flexibility index (Phi) is 2.67. The summed E-state index contributed by atoms with van der Waals surface area (Å²) in [6, 6.07) is 5.86. The van der Waals surface area contributed by atoms with Crippen LogP contribution in [-0.4, -0.2) is 36.4 Å². The van der Waals surface area contributed by atoms with Crippen molar-refractivity contribution in [3.63, 3.8) is 0 Å². The lowest BCUT2D eigenvalue weighted by atomic mass is 9.65. The van der Waals surface area contributed by atoms with E-state index in [1.54, 1.807) is 0 Å². The van der Waals surface area contributed by atoms with Crippen LogP contribution in [0.5, 0.6) is 0 Å². The van der Waals surface area contributed by atoms with Gasteiger partial charge in [-0.15, -0.1) is 10.9 Å². The molecule has 0 amide bonds. The van der Waals surface area contributed by atoms with Gasteiger partial charge >= 0.3 is 0 Å². The van der Waals surface area contributed by atoms with E-state index in [2.05, 4.69) is 20.9 Å². The molecule has 0 bridgehead atoms. The summed E-state index contributed by atoms with van der Waals surface area (Å²) < 4.78 is 0.962. The van der Waals surface area contributed by atoms with Crippen LogP contribution in [0.2, 0.25) is 0 Å². The molecule has 0 fully saturated rings. The van der Waals surface area contributed by atoms with Gasteiger partial charge in [0.05, 0.1) is 0 Å². The molecule has 18 heavy (non-hydrogen) atoms. The molecule has 0 aliphatic heterocycles. The third-order valence-electron chi connectivity index (χ3n) is 3.17. The lowest BCUT2D eigenvalue weighted by molar-refractivity contribution is 1.56. The van der Waals surface area contributed by atoms with E-state index in [0.717, 1.165) is 26.3 Å². The Labute approximate surface area is 118 Å². The normalized spacial score (nSPS) is 11.4. The van der Waals surface area contributed by atoms with Crippen LogP contribution in [0.25, 0.3) is 21.8 Å². The zero-order valence-electron chi connectivity index (χ0n) is 9.42. The average molecular weight is 285 g/mol. The van der Waals surface area contributed by atoms with Gasteiger partial charge in [0.25, 0.3) is 0 Å². The Morgan fingerprint density at radius 2 is 1.56 bits per heavy atom. The van der Waals surface area contributed by atoms with Gasteiger partial charge in [-0.3, -0.25) is 0 Å². The van der Waals surface area contributed by atoms with Crippen LogP contribution in [0.3, 0.4) is 0 Å². The van der Waals surface area contributed by atoms with Gasteiger partial charge in [-0.05, 0) is 23.6 Å². The Hall–Kier alpha value is -1.02. The van der Waals surface area contributed by atoms with Crippen molar-refractivity contribution in [2.45, 2.75) is 0 Å². The number of aromatic nitrogens is 1. The SMILES string of the molecule is [B]c1c([B])c([B])c2c([nH]c3ccc(Br)cc32)c1[B]. The Morgan fingerprint density at radius 1 is 0.889 bits per heavy atom. The molecule has 1 nitrogen and oxygen atoms in total. The van der Waals surface area contributed by atoms with Crippen LogP contribution in [0.4, 0.5) is 0 Å². The van der Waals surface area contributed by atoms with E-state index in [4.69, 9.17) is 31.4 Å². The van der Waals surface area contributed by atoms with Crippen LogP contribution in [0.15, 0.2) is 22.7 Å². The lowest BCUT2D eigenvalue weighted by Crippen LogP contribution is -2.47. The molecular formula is C12H4B4BrN. The van der Waals surface area contributed by atoms with Crippen LogP contribution in [0.1, 0.15) is 0 Å². The zero-order chi connectivity index (χ0) is 13.0. The van der Waals surface area contributed by atoms with Crippen molar-refractivity contribution in [1.29, 1.82) is 0 Å². The summed E-state index contributed by atoms with van der Waals surface area (Å²) in [5.74, 6) is 0. The molecule has 0 saturated heterocycles. The predicted molar refractivity (Wildman–Crippen MR) is 85.1 cm³/mol. The highest BCUT2D eigenvalue weighted by Gasteiger charge is 2.12. The van der Waals surface area contributed by atoms with Gasteiger partial charge < -0.3 is 4.98 Å². The van der Waals surface area contributed by atoms with E-state index in [1.165, 1.54) is 0 Å². The summed E-state index contributed by atoms with van der Waals surface area (Å²) in [4.78, 5) is 3.22. The second kappa shape index (κ2) is 3.99. The molecular weight excluding hydrogens is 281 g/mol. The Morgan fingerprint density at radius 3 is 2.28 bits per heavy atom. The first-order valence-electron chi connectivity index (χ1n) is 5.33. The minimum Gasteiger partial charge on any atom is -0.355 e. The lowest BCUT2D eigenvalue weighted by Gasteiger charge is -2.12. The number of benzene rings is 2. The molecule has 0 saturated carbocycles. The van der Waals surface area contributed by atoms with Crippen molar-refractivity contribution in [2.75, 3.05) is 0 Å². The summed E-state index contributed by atoms with van der Waals surface area (Å²) >= 11 is 3.44. The Bertz CT molecular complexity index is 794. The second-order valence-corrected chi connectivity index (χ2v) is 5.14. The third kappa shape index (κ3) is 1.51. The molecule has 0 aliphatic carbocycles. The average Bonchev–Trinajstić information content (AvgIpc) is 2.72. The topological polar surface area (TPSA) is 15.8 Å². The van der Waals surface area contributed by atoms with Crippen LogP contribution in [-0.2, 0) is 0 Å². The molecule has 3 rings (SSSR count). The highest BCUT2D eigenvalue weighted by molar-refractivity contribution is 9.10. The standard InChI is InChI=1S/C12H4B4BrN/c13-8-7-5-3-4(17)1-2-6(5)18-12(7)11(16)10(15)9(8)14/h1-3,18H. The maximum atomic E-state index is 6.05. The second-order valence-electron chi connectivity index (χ2n) is 4.22. The molecule has 2 aromatic carbocycles. The Balaban J connectivity index is 2.64. The number of fused-ring (bicyclic) bond motifs is 3. The van der Waals surface area contributed by atoms with Crippen molar-refractivity contribution in [1.82, 2.24) is 4.98 Å². The number of nitrogens with one attached hydrogen (secondary N) is 1. The molecule has 3 aromatic rings. The van der Waals surface area contributed by atoms with Gasteiger partial charge in [-0.2, -0.15) is 0 Å². The van der Waals surface area contributed by atoms with E-state index >= 15 is 0 Å². The van der Waals surface area contributed by atoms with Gasteiger partial charge in [0.2, 0.25) is 0 Å². The smallest absolute Gasteiger partial charge is 0.115 e. The number of H-pyrrole nitrogens is 1. The molecule has 76 valence electrons. The van der Waals surface area contributed by atoms with Gasteiger partial charge in [-0.1, -0.05) is 26.9 Å².